The molecule has 120 valence electrons. The van der Waals surface area contributed by atoms with Gasteiger partial charge in [0.05, 0.1) is 10.9 Å². The van der Waals surface area contributed by atoms with E-state index in [1.54, 1.807) is 6.92 Å². The molecule has 2 N–H and O–H groups in total. The van der Waals surface area contributed by atoms with Gasteiger partial charge in [-0.15, -0.1) is 0 Å². The molecule has 1 rings (SSSR count). The summed E-state index contributed by atoms with van der Waals surface area (Å²) in [5.41, 5.74) is 1.55. The highest BCUT2D eigenvalue weighted by Gasteiger charge is 2.24. The van der Waals surface area contributed by atoms with E-state index in [9.17, 15) is 8.42 Å². The van der Waals surface area contributed by atoms with Crippen molar-refractivity contribution in [2.75, 3.05) is 11.3 Å². The molecule has 0 aliphatic heterocycles. The number of hydrogen-bond donors (Lipinski definition) is 2. The maximum absolute atomic E-state index is 12.4. The first-order valence-corrected chi connectivity index (χ1v) is 8.93. The maximum atomic E-state index is 12.4. The number of anilines is 1. The Morgan fingerprint density at radius 2 is 1.67 bits per heavy atom. The van der Waals surface area contributed by atoms with E-state index >= 15 is 0 Å². The lowest BCUT2D eigenvalue weighted by atomic mass is 9.86. The van der Waals surface area contributed by atoms with Crippen molar-refractivity contribution in [2.45, 2.75) is 58.2 Å². The Labute approximate surface area is 129 Å². The van der Waals surface area contributed by atoms with Crippen molar-refractivity contribution in [3.8, 4) is 0 Å². The molecule has 0 fully saturated rings. The van der Waals surface area contributed by atoms with E-state index in [-0.39, 0.29) is 11.5 Å². The normalized spacial score (nSPS) is 14.2. The summed E-state index contributed by atoms with van der Waals surface area (Å²) in [7, 11) is -3.40. The third kappa shape index (κ3) is 5.32. The SMILES string of the molecule is CC(C)NCC(C)S(=O)(=O)Nc1ccccc1C(C)(C)C. The Kier molecular flexibility index (Phi) is 5.82. The fourth-order valence-corrected chi connectivity index (χ4v) is 2.99. The maximum Gasteiger partial charge on any atom is 0.236 e. The first kappa shape index (κ1) is 18.0. The van der Waals surface area contributed by atoms with Gasteiger partial charge in [0, 0.05) is 12.6 Å². The number of hydrogen-bond acceptors (Lipinski definition) is 3. The Morgan fingerprint density at radius 3 is 2.19 bits per heavy atom. The van der Waals surface area contributed by atoms with Crippen molar-refractivity contribution in [1.29, 1.82) is 0 Å². The minimum absolute atomic E-state index is 0.113. The quantitative estimate of drug-likeness (QED) is 0.848. The van der Waals surface area contributed by atoms with Gasteiger partial charge in [-0.05, 0) is 24.0 Å². The summed E-state index contributed by atoms with van der Waals surface area (Å²) in [6.45, 7) is 12.4. The predicted molar refractivity (Wildman–Crippen MR) is 90.3 cm³/mol. The van der Waals surface area contributed by atoms with Gasteiger partial charge in [0.2, 0.25) is 10.0 Å². The highest BCUT2D eigenvalue weighted by molar-refractivity contribution is 7.93. The van der Waals surface area contributed by atoms with Crippen LogP contribution in [0.2, 0.25) is 0 Å². The van der Waals surface area contributed by atoms with Crippen molar-refractivity contribution in [1.82, 2.24) is 5.32 Å². The van der Waals surface area contributed by atoms with Crippen LogP contribution in [0.5, 0.6) is 0 Å². The summed E-state index contributed by atoms with van der Waals surface area (Å²) in [4.78, 5) is 0. The Bertz CT molecular complexity index is 560. The van der Waals surface area contributed by atoms with E-state index in [0.29, 0.717) is 12.2 Å². The minimum Gasteiger partial charge on any atom is -0.313 e. The van der Waals surface area contributed by atoms with Gasteiger partial charge in [-0.25, -0.2) is 8.42 Å². The first-order chi connectivity index (χ1) is 9.54. The number of para-hydroxylation sites is 1. The topological polar surface area (TPSA) is 58.2 Å². The van der Waals surface area contributed by atoms with Gasteiger partial charge in [0.1, 0.15) is 0 Å². The largest absolute Gasteiger partial charge is 0.313 e. The molecule has 4 nitrogen and oxygen atoms in total. The number of rotatable bonds is 6. The molecule has 0 saturated carbocycles. The molecule has 0 spiro atoms. The second-order valence-electron chi connectivity index (χ2n) is 6.82. The summed E-state index contributed by atoms with van der Waals surface area (Å²) in [5.74, 6) is 0. The molecule has 0 radical (unpaired) electrons. The van der Waals surface area contributed by atoms with Gasteiger partial charge in [-0.3, -0.25) is 4.72 Å². The second-order valence-corrected chi connectivity index (χ2v) is 8.92. The van der Waals surface area contributed by atoms with Crippen LogP contribution in [-0.2, 0) is 15.4 Å². The zero-order valence-corrected chi connectivity index (χ0v) is 14.7. The average Bonchev–Trinajstić information content (AvgIpc) is 2.34. The molecule has 0 aliphatic rings. The van der Waals surface area contributed by atoms with Crippen LogP contribution >= 0.6 is 0 Å². The molecule has 1 aromatic rings. The zero-order chi connectivity index (χ0) is 16.3. The molecule has 0 aromatic heterocycles. The molecule has 21 heavy (non-hydrogen) atoms. The van der Waals surface area contributed by atoms with Crippen LogP contribution in [-0.4, -0.2) is 26.3 Å². The molecule has 1 aromatic carbocycles. The van der Waals surface area contributed by atoms with E-state index in [2.05, 4.69) is 30.8 Å². The summed E-state index contributed by atoms with van der Waals surface area (Å²) in [6.07, 6.45) is 0. The Morgan fingerprint density at radius 1 is 1.10 bits per heavy atom. The monoisotopic (exact) mass is 312 g/mol. The second kappa shape index (κ2) is 6.79. The molecule has 1 atom stereocenters. The molecule has 0 amide bonds. The predicted octanol–water partition coefficient (Wildman–Crippen LogP) is 3.11. The van der Waals surface area contributed by atoms with Crippen molar-refractivity contribution in [3.63, 3.8) is 0 Å². The highest BCUT2D eigenvalue weighted by atomic mass is 32.2. The summed E-state index contributed by atoms with van der Waals surface area (Å²) in [5, 5.41) is 2.67. The fourth-order valence-electron chi connectivity index (χ4n) is 1.99. The van der Waals surface area contributed by atoms with Gasteiger partial charge in [0.25, 0.3) is 0 Å². The molecular formula is C16H28N2O2S. The van der Waals surface area contributed by atoms with E-state index in [1.807, 2.05) is 38.1 Å². The highest BCUT2D eigenvalue weighted by Crippen LogP contribution is 2.30. The Hall–Kier alpha value is -1.07. The van der Waals surface area contributed by atoms with Crippen molar-refractivity contribution >= 4 is 15.7 Å². The van der Waals surface area contributed by atoms with Gasteiger partial charge < -0.3 is 5.32 Å². The average molecular weight is 312 g/mol. The Balaban J connectivity index is 2.95. The van der Waals surface area contributed by atoms with E-state index in [4.69, 9.17) is 0 Å². The van der Waals surface area contributed by atoms with Crippen molar-refractivity contribution in [2.24, 2.45) is 0 Å². The standard InChI is InChI=1S/C16H28N2O2S/c1-12(2)17-11-13(3)21(19,20)18-15-10-8-7-9-14(15)16(4,5)6/h7-10,12-13,17-18H,11H2,1-6H3. The van der Waals surface area contributed by atoms with Crippen molar-refractivity contribution in [3.05, 3.63) is 29.8 Å². The van der Waals surface area contributed by atoms with Gasteiger partial charge in [-0.2, -0.15) is 0 Å². The lowest BCUT2D eigenvalue weighted by Crippen LogP contribution is -2.37. The summed E-state index contributed by atoms with van der Waals surface area (Å²) in [6, 6.07) is 7.84. The fraction of sp³-hybridized carbons (Fsp3) is 0.625. The number of nitrogens with one attached hydrogen (secondary N) is 2. The summed E-state index contributed by atoms with van der Waals surface area (Å²) < 4.78 is 27.6. The number of sulfonamides is 1. The molecule has 5 heteroatoms. The van der Waals surface area contributed by atoms with Gasteiger partial charge in [0.15, 0.2) is 0 Å². The van der Waals surface area contributed by atoms with Crippen LogP contribution in [0.15, 0.2) is 24.3 Å². The molecule has 0 aliphatic carbocycles. The van der Waals surface area contributed by atoms with Crippen LogP contribution in [0.3, 0.4) is 0 Å². The molecule has 0 heterocycles. The van der Waals surface area contributed by atoms with Gasteiger partial charge in [-0.1, -0.05) is 52.8 Å². The van der Waals surface area contributed by atoms with Crippen LogP contribution in [0.25, 0.3) is 0 Å². The van der Waals surface area contributed by atoms with Crippen LogP contribution < -0.4 is 10.0 Å². The molecule has 0 bridgehead atoms. The van der Waals surface area contributed by atoms with E-state index in [0.717, 1.165) is 5.56 Å². The van der Waals surface area contributed by atoms with E-state index < -0.39 is 15.3 Å². The van der Waals surface area contributed by atoms with Crippen LogP contribution in [0.1, 0.15) is 47.1 Å². The van der Waals surface area contributed by atoms with Crippen LogP contribution in [0.4, 0.5) is 5.69 Å². The van der Waals surface area contributed by atoms with Crippen LogP contribution in [0, 0.1) is 0 Å². The third-order valence-corrected chi connectivity index (χ3v) is 5.06. The lowest BCUT2D eigenvalue weighted by Gasteiger charge is -2.24. The first-order valence-electron chi connectivity index (χ1n) is 7.38. The zero-order valence-electron chi connectivity index (χ0n) is 13.9. The smallest absolute Gasteiger partial charge is 0.236 e. The minimum atomic E-state index is -3.40. The van der Waals surface area contributed by atoms with Gasteiger partial charge >= 0.3 is 0 Å². The summed E-state index contributed by atoms with van der Waals surface area (Å²) >= 11 is 0. The molecule has 1 unspecified atom stereocenters. The molecular weight excluding hydrogens is 284 g/mol. The van der Waals surface area contributed by atoms with E-state index in [1.165, 1.54) is 0 Å². The number of benzene rings is 1. The molecule has 0 saturated heterocycles. The van der Waals surface area contributed by atoms with Crippen molar-refractivity contribution < 1.29 is 8.42 Å². The third-order valence-electron chi connectivity index (χ3n) is 3.33. The lowest BCUT2D eigenvalue weighted by molar-refractivity contribution is 0.553.